The number of benzene rings is 1. The van der Waals surface area contributed by atoms with Crippen molar-refractivity contribution in [3.63, 3.8) is 0 Å². The zero-order valence-corrected chi connectivity index (χ0v) is 10.4. The van der Waals surface area contributed by atoms with Crippen LogP contribution in [0, 0.1) is 0 Å². The van der Waals surface area contributed by atoms with E-state index < -0.39 is 11.9 Å². The molecule has 1 saturated heterocycles. The third kappa shape index (κ3) is 3.53. The Hall–Kier alpha value is -0.900. The lowest BCUT2D eigenvalue weighted by molar-refractivity contribution is -0.151. The second kappa shape index (κ2) is 5.17. The van der Waals surface area contributed by atoms with E-state index >= 15 is 0 Å². The smallest absolute Gasteiger partial charge is 0.163 e. The summed E-state index contributed by atoms with van der Waals surface area (Å²) in [6, 6.07) is 10.2. The van der Waals surface area contributed by atoms with Crippen molar-refractivity contribution in [2.75, 3.05) is 6.61 Å². The molecule has 0 amide bonds. The molecule has 17 heavy (non-hydrogen) atoms. The van der Waals surface area contributed by atoms with Crippen molar-refractivity contribution in [1.82, 2.24) is 0 Å². The van der Waals surface area contributed by atoms with Crippen LogP contribution in [0.5, 0.6) is 0 Å². The fraction of sp³-hybridized carbons (Fsp3) is 0.571. The maximum atomic E-state index is 10.0. The van der Waals surface area contributed by atoms with Gasteiger partial charge in [0.05, 0.1) is 12.7 Å². The van der Waals surface area contributed by atoms with E-state index in [1.807, 2.05) is 32.0 Å². The molecular weight excluding hydrogens is 216 g/mol. The van der Waals surface area contributed by atoms with Crippen molar-refractivity contribution >= 4 is 0 Å². The highest BCUT2D eigenvalue weighted by molar-refractivity contribution is 5.14. The Balaban J connectivity index is 1.80. The molecule has 0 unspecified atom stereocenters. The number of hydrogen-bond acceptors (Lipinski definition) is 3. The van der Waals surface area contributed by atoms with Crippen LogP contribution in [0.4, 0.5) is 0 Å². The third-order valence-electron chi connectivity index (χ3n) is 3.03. The van der Waals surface area contributed by atoms with Gasteiger partial charge in [-0.05, 0) is 32.3 Å². The summed E-state index contributed by atoms with van der Waals surface area (Å²) >= 11 is 0. The van der Waals surface area contributed by atoms with Gasteiger partial charge in [0.25, 0.3) is 0 Å². The molecular formula is C14H20O3. The van der Waals surface area contributed by atoms with Crippen molar-refractivity contribution in [1.29, 1.82) is 0 Å². The van der Waals surface area contributed by atoms with Crippen LogP contribution in [-0.4, -0.2) is 29.7 Å². The number of aliphatic hydroxyl groups is 1. The van der Waals surface area contributed by atoms with Gasteiger partial charge in [0.1, 0.15) is 6.10 Å². The molecule has 3 heteroatoms. The number of aryl methyl sites for hydroxylation is 1. The van der Waals surface area contributed by atoms with Gasteiger partial charge in [0.15, 0.2) is 5.79 Å². The van der Waals surface area contributed by atoms with Gasteiger partial charge < -0.3 is 14.6 Å². The van der Waals surface area contributed by atoms with E-state index in [-0.39, 0.29) is 6.10 Å². The summed E-state index contributed by atoms with van der Waals surface area (Å²) in [5.74, 6) is -0.557. The Labute approximate surface area is 102 Å². The minimum Gasteiger partial charge on any atom is -0.390 e. The van der Waals surface area contributed by atoms with Gasteiger partial charge in [0, 0.05) is 0 Å². The van der Waals surface area contributed by atoms with E-state index in [4.69, 9.17) is 9.47 Å². The average Bonchev–Trinajstić information content (AvgIpc) is 2.68. The van der Waals surface area contributed by atoms with E-state index in [0.29, 0.717) is 13.0 Å². The van der Waals surface area contributed by atoms with Crippen LogP contribution < -0.4 is 0 Å². The Bertz CT molecular complexity index is 348. The summed E-state index contributed by atoms with van der Waals surface area (Å²) in [6.45, 7) is 4.22. The third-order valence-corrected chi connectivity index (χ3v) is 3.03. The van der Waals surface area contributed by atoms with Gasteiger partial charge in [-0.2, -0.15) is 0 Å². The highest BCUT2D eigenvalue weighted by Crippen LogP contribution is 2.25. The number of rotatable bonds is 4. The number of hydrogen-bond donors (Lipinski definition) is 1. The largest absolute Gasteiger partial charge is 0.390 e. The minimum atomic E-state index is -0.557. The summed E-state index contributed by atoms with van der Waals surface area (Å²) in [7, 11) is 0. The van der Waals surface area contributed by atoms with Gasteiger partial charge in [-0.1, -0.05) is 30.3 Å². The molecule has 3 nitrogen and oxygen atoms in total. The van der Waals surface area contributed by atoms with Crippen LogP contribution in [0.3, 0.4) is 0 Å². The summed E-state index contributed by atoms with van der Waals surface area (Å²) in [6.07, 6.45) is 0.904. The second-order valence-corrected chi connectivity index (χ2v) is 4.96. The molecule has 0 aliphatic carbocycles. The summed E-state index contributed by atoms with van der Waals surface area (Å²) < 4.78 is 11.1. The van der Waals surface area contributed by atoms with Gasteiger partial charge >= 0.3 is 0 Å². The van der Waals surface area contributed by atoms with E-state index in [2.05, 4.69) is 12.1 Å². The summed E-state index contributed by atoms with van der Waals surface area (Å²) in [5.41, 5.74) is 1.24. The normalized spacial score (nSPS) is 24.8. The summed E-state index contributed by atoms with van der Waals surface area (Å²) in [5, 5.41) is 10.0. The van der Waals surface area contributed by atoms with Crippen LogP contribution >= 0.6 is 0 Å². The molecule has 1 aliphatic rings. The van der Waals surface area contributed by atoms with Crippen LogP contribution in [-0.2, 0) is 15.9 Å². The van der Waals surface area contributed by atoms with Crippen LogP contribution in [0.1, 0.15) is 25.8 Å². The summed E-state index contributed by atoms with van der Waals surface area (Å²) in [4.78, 5) is 0. The molecule has 0 aromatic heterocycles. The molecule has 0 radical (unpaired) electrons. The van der Waals surface area contributed by atoms with E-state index in [0.717, 1.165) is 6.42 Å². The Morgan fingerprint density at radius 1 is 1.35 bits per heavy atom. The molecule has 1 N–H and O–H groups in total. The van der Waals surface area contributed by atoms with Gasteiger partial charge in [-0.25, -0.2) is 0 Å². The zero-order chi connectivity index (χ0) is 12.3. The van der Waals surface area contributed by atoms with Gasteiger partial charge in [-0.3, -0.25) is 0 Å². The Morgan fingerprint density at radius 3 is 2.65 bits per heavy atom. The predicted octanol–water partition coefficient (Wildman–Crippen LogP) is 2.13. The predicted molar refractivity (Wildman–Crippen MR) is 65.7 cm³/mol. The molecule has 1 heterocycles. The van der Waals surface area contributed by atoms with Crippen LogP contribution in [0.15, 0.2) is 30.3 Å². The fourth-order valence-corrected chi connectivity index (χ4v) is 2.05. The highest BCUT2D eigenvalue weighted by Gasteiger charge is 2.36. The van der Waals surface area contributed by atoms with Crippen LogP contribution in [0.25, 0.3) is 0 Å². The topological polar surface area (TPSA) is 38.7 Å². The first-order chi connectivity index (χ1) is 8.07. The van der Waals surface area contributed by atoms with Crippen molar-refractivity contribution < 1.29 is 14.6 Å². The first-order valence-corrected chi connectivity index (χ1v) is 6.10. The Morgan fingerprint density at radius 2 is 2.06 bits per heavy atom. The highest BCUT2D eigenvalue weighted by atomic mass is 16.7. The average molecular weight is 236 g/mol. The monoisotopic (exact) mass is 236 g/mol. The van der Waals surface area contributed by atoms with Crippen molar-refractivity contribution in [3.05, 3.63) is 35.9 Å². The molecule has 1 aromatic carbocycles. The number of aliphatic hydroxyl groups excluding tert-OH is 1. The molecule has 0 saturated carbocycles. The molecule has 2 atom stereocenters. The number of ether oxygens (including phenoxy) is 2. The Kier molecular flexibility index (Phi) is 3.82. The van der Waals surface area contributed by atoms with E-state index in [9.17, 15) is 5.11 Å². The minimum absolute atomic E-state index is 0.200. The van der Waals surface area contributed by atoms with Crippen molar-refractivity contribution in [2.24, 2.45) is 0 Å². The molecule has 1 aromatic rings. The van der Waals surface area contributed by atoms with Gasteiger partial charge in [0.2, 0.25) is 0 Å². The lowest BCUT2D eigenvalue weighted by atomic mass is 10.0. The molecule has 0 spiro atoms. The fourth-order valence-electron chi connectivity index (χ4n) is 2.05. The molecule has 0 bridgehead atoms. The SMILES string of the molecule is CC1(C)OC[C@H]([C@@H](O)CCc2ccccc2)O1. The maximum Gasteiger partial charge on any atom is 0.163 e. The van der Waals surface area contributed by atoms with Crippen molar-refractivity contribution in [2.45, 2.75) is 44.7 Å². The lowest BCUT2D eigenvalue weighted by Gasteiger charge is -2.20. The quantitative estimate of drug-likeness (QED) is 0.870. The first-order valence-electron chi connectivity index (χ1n) is 6.10. The van der Waals surface area contributed by atoms with E-state index in [1.165, 1.54) is 5.56 Å². The molecule has 94 valence electrons. The zero-order valence-electron chi connectivity index (χ0n) is 10.4. The maximum absolute atomic E-state index is 10.0. The van der Waals surface area contributed by atoms with Crippen molar-refractivity contribution in [3.8, 4) is 0 Å². The second-order valence-electron chi connectivity index (χ2n) is 4.96. The first kappa shape index (κ1) is 12.6. The van der Waals surface area contributed by atoms with Gasteiger partial charge in [-0.15, -0.1) is 0 Å². The standard InChI is InChI=1S/C14H20O3/c1-14(2)16-10-13(17-14)12(15)9-8-11-6-4-3-5-7-11/h3-7,12-13,15H,8-10H2,1-2H3/t12-,13+/m0/s1. The molecule has 1 fully saturated rings. The molecule has 1 aliphatic heterocycles. The van der Waals surface area contributed by atoms with E-state index in [1.54, 1.807) is 0 Å². The molecule has 2 rings (SSSR count). The lowest BCUT2D eigenvalue weighted by Crippen LogP contribution is -2.31. The van der Waals surface area contributed by atoms with Crippen LogP contribution in [0.2, 0.25) is 0 Å².